The smallest absolute Gasteiger partial charge is 0.323 e. The molecule has 0 radical (unpaired) electrons. The minimum absolute atomic E-state index is 0.250. The van der Waals surface area contributed by atoms with Gasteiger partial charge >= 0.3 is 6.03 Å². The molecule has 3 amide bonds. The molecule has 2 heterocycles. The SMILES string of the molecule is Cc1ccccc1Oc1cccc(NC(=O)Nc2ccc(-c3c(C(=O)NC(C)(C)C)cn4ncnc(N)c34)cc2)c1. The maximum atomic E-state index is 13.2. The number of aromatic nitrogens is 3. The summed E-state index contributed by atoms with van der Waals surface area (Å²) in [5.41, 5.74) is 10.2. The molecule has 208 valence electrons. The van der Waals surface area contributed by atoms with Gasteiger partial charge in [0.1, 0.15) is 23.3 Å². The Balaban J connectivity index is 1.33. The summed E-state index contributed by atoms with van der Waals surface area (Å²) in [6.45, 7) is 7.70. The maximum Gasteiger partial charge on any atom is 0.323 e. The second-order valence-electron chi connectivity index (χ2n) is 10.6. The molecule has 5 aromatic rings. The van der Waals surface area contributed by atoms with E-state index in [0.29, 0.717) is 33.8 Å². The molecule has 0 aliphatic rings. The van der Waals surface area contributed by atoms with Crippen LogP contribution in [0.4, 0.5) is 22.0 Å². The maximum absolute atomic E-state index is 13.2. The number of ether oxygens (including phenoxy) is 1. The second-order valence-corrected chi connectivity index (χ2v) is 10.6. The van der Waals surface area contributed by atoms with Crippen molar-refractivity contribution >= 4 is 34.6 Å². The molecule has 0 aliphatic carbocycles. The van der Waals surface area contributed by atoms with Crippen LogP contribution in [-0.2, 0) is 0 Å². The first-order chi connectivity index (χ1) is 19.6. The van der Waals surface area contributed by atoms with E-state index in [1.807, 2.05) is 76.2 Å². The number of aryl methyl sites for hydroxylation is 1. The highest BCUT2D eigenvalue weighted by atomic mass is 16.5. The summed E-state index contributed by atoms with van der Waals surface area (Å²) in [6, 6.07) is 21.6. The zero-order valence-corrected chi connectivity index (χ0v) is 23.2. The summed E-state index contributed by atoms with van der Waals surface area (Å²) >= 11 is 0. The van der Waals surface area contributed by atoms with Crippen molar-refractivity contribution in [1.29, 1.82) is 0 Å². The molecule has 41 heavy (non-hydrogen) atoms. The average molecular weight is 550 g/mol. The molecule has 5 N–H and O–H groups in total. The minimum atomic E-state index is -0.438. The van der Waals surface area contributed by atoms with Crippen LogP contribution in [0.1, 0.15) is 36.7 Å². The van der Waals surface area contributed by atoms with Crippen LogP contribution >= 0.6 is 0 Å². The topological polar surface area (TPSA) is 136 Å². The van der Waals surface area contributed by atoms with Crippen molar-refractivity contribution in [3.8, 4) is 22.6 Å². The van der Waals surface area contributed by atoms with E-state index in [1.165, 1.54) is 6.33 Å². The molecule has 3 aromatic carbocycles. The van der Waals surface area contributed by atoms with Gasteiger partial charge in [-0.25, -0.2) is 14.3 Å². The number of urea groups is 1. The van der Waals surface area contributed by atoms with Gasteiger partial charge < -0.3 is 26.4 Å². The Morgan fingerprint density at radius 2 is 1.66 bits per heavy atom. The first-order valence-corrected chi connectivity index (χ1v) is 13.0. The summed E-state index contributed by atoms with van der Waals surface area (Å²) in [4.78, 5) is 30.1. The highest BCUT2D eigenvalue weighted by molar-refractivity contribution is 6.07. The Morgan fingerprint density at radius 3 is 2.39 bits per heavy atom. The lowest BCUT2D eigenvalue weighted by Gasteiger charge is -2.20. The minimum Gasteiger partial charge on any atom is -0.457 e. The molecule has 0 spiro atoms. The fourth-order valence-electron chi connectivity index (χ4n) is 4.36. The lowest BCUT2D eigenvalue weighted by atomic mass is 10.0. The van der Waals surface area contributed by atoms with Gasteiger partial charge in [0, 0.05) is 34.7 Å². The van der Waals surface area contributed by atoms with Crippen molar-refractivity contribution in [2.24, 2.45) is 0 Å². The van der Waals surface area contributed by atoms with E-state index < -0.39 is 11.6 Å². The summed E-state index contributed by atoms with van der Waals surface area (Å²) in [7, 11) is 0. The zero-order valence-electron chi connectivity index (χ0n) is 23.2. The number of para-hydroxylation sites is 1. The molecule has 10 nitrogen and oxygen atoms in total. The monoisotopic (exact) mass is 549 g/mol. The molecule has 2 aromatic heterocycles. The number of nitrogens with zero attached hydrogens (tertiary/aromatic N) is 3. The van der Waals surface area contributed by atoms with Gasteiger partial charge in [-0.2, -0.15) is 5.10 Å². The van der Waals surface area contributed by atoms with Gasteiger partial charge in [0.15, 0.2) is 5.82 Å². The van der Waals surface area contributed by atoms with Crippen molar-refractivity contribution in [2.45, 2.75) is 33.2 Å². The number of amides is 3. The van der Waals surface area contributed by atoms with Crippen LogP contribution in [0.15, 0.2) is 85.3 Å². The summed E-state index contributed by atoms with van der Waals surface area (Å²) in [5.74, 6) is 1.35. The second kappa shape index (κ2) is 11.0. The third-order valence-electron chi connectivity index (χ3n) is 6.18. The number of nitrogens with two attached hydrogens (primary N) is 1. The largest absolute Gasteiger partial charge is 0.457 e. The molecule has 0 aliphatic heterocycles. The van der Waals surface area contributed by atoms with Gasteiger partial charge in [0.2, 0.25) is 0 Å². The highest BCUT2D eigenvalue weighted by Crippen LogP contribution is 2.33. The number of hydrogen-bond acceptors (Lipinski definition) is 6. The van der Waals surface area contributed by atoms with Crippen LogP contribution in [0.3, 0.4) is 0 Å². The summed E-state index contributed by atoms with van der Waals surface area (Å²) in [6.07, 6.45) is 2.98. The van der Waals surface area contributed by atoms with Gasteiger partial charge in [-0.05, 0) is 69.2 Å². The van der Waals surface area contributed by atoms with Crippen molar-refractivity contribution in [1.82, 2.24) is 19.9 Å². The van der Waals surface area contributed by atoms with E-state index in [1.54, 1.807) is 35.0 Å². The van der Waals surface area contributed by atoms with Crippen molar-refractivity contribution in [3.63, 3.8) is 0 Å². The van der Waals surface area contributed by atoms with Gasteiger partial charge in [-0.15, -0.1) is 0 Å². The van der Waals surface area contributed by atoms with Gasteiger partial charge in [-0.1, -0.05) is 36.4 Å². The number of benzene rings is 3. The molecular formula is C31H31N7O3. The summed E-state index contributed by atoms with van der Waals surface area (Å²) in [5, 5.41) is 12.9. The number of rotatable bonds is 6. The van der Waals surface area contributed by atoms with E-state index in [2.05, 4.69) is 26.0 Å². The fourth-order valence-corrected chi connectivity index (χ4v) is 4.36. The van der Waals surface area contributed by atoms with E-state index in [-0.39, 0.29) is 11.7 Å². The number of hydrogen-bond donors (Lipinski definition) is 4. The summed E-state index contributed by atoms with van der Waals surface area (Å²) < 4.78 is 7.52. The molecule has 0 bridgehead atoms. The first-order valence-electron chi connectivity index (χ1n) is 13.0. The lowest BCUT2D eigenvalue weighted by Crippen LogP contribution is -2.40. The Labute approximate surface area is 237 Å². The Bertz CT molecular complexity index is 1740. The van der Waals surface area contributed by atoms with Gasteiger partial charge in [0.25, 0.3) is 5.91 Å². The molecule has 0 saturated heterocycles. The number of nitrogen functional groups attached to an aromatic ring is 1. The number of fused-ring (bicyclic) bond motifs is 1. The fraction of sp³-hybridized carbons (Fsp3) is 0.161. The highest BCUT2D eigenvalue weighted by Gasteiger charge is 2.24. The van der Waals surface area contributed by atoms with Crippen LogP contribution in [-0.4, -0.2) is 32.1 Å². The Hall–Kier alpha value is -5.38. The van der Waals surface area contributed by atoms with Crippen LogP contribution in [0.2, 0.25) is 0 Å². The van der Waals surface area contributed by atoms with Crippen molar-refractivity contribution in [2.75, 3.05) is 16.4 Å². The quantitative estimate of drug-likeness (QED) is 0.198. The van der Waals surface area contributed by atoms with Crippen LogP contribution in [0, 0.1) is 6.92 Å². The van der Waals surface area contributed by atoms with E-state index >= 15 is 0 Å². The molecule has 0 saturated carbocycles. The standard InChI is InChI=1S/C31H31N7O3/c1-19-8-5-6-11-25(19)41-23-10-7-9-22(16-23)36-30(40)35-21-14-12-20(13-15-21)26-24(29(39)37-31(2,3)4)17-38-27(26)28(32)33-18-34-38/h5-18H,1-4H3,(H,37,39)(H2,32,33,34)(H2,35,36,40). The molecule has 10 heteroatoms. The van der Waals surface area contributed by atoms with Crippen molar-refractivity contribution in [3.05, 3.63) is 96.4 Å². The van der Waals surface area contributed by atoms with Crippen LogP contribution in [0.25, 0.3) is 16.6 Å². The number of carbonyl (C=O) groups is 2. The average Bonchev–Trinajstić information content (AvgIpc) is 3.31. The number of carbonyl (C=O) groups excluding carboxylic acids is 2. The van der Waals surface area contributed by atoms with Gasteiger partial charge in [-0.3, -0.25) is 4.79 Å². The van der Waals surface area contributed by atoms with Crippen LogP contribution < -0.4 is 26.4 Å². The number of nitrogens with one attached hydrogen (secondary N) is 3. The van der Waals surface area contributed by atoms with Gasteiger partial charge in [0.05, 0.1) is 5.56 Å². The van der Waals surface area contributed by atoms with E-state index in [4.69, 9.17) is 10.5 Å². The molecule has 0 atom stereocenters. The van der Waals surface area contributed by atoms with Crippen LogP contribution in [0.5, 0.6) is 11.5 Å². The number of anilines is 3. The van der Waals surface area contributed by atoms with Crippen molar-refractivity contribution < 1.29 is 14.3 Å². The molecule has 0 unspecified atom stereocenters. The first kappa shape index (κ1) is 27.2. The predicted octanol–water partition coefficient (Wildman–Crippen LogP) is 6.25. The molecular weight excluding hydrogens is 518 g/mol. The zero-order chi connectivity index (χ0) is 29.1. The van der Waals surface area contributed by atoms with E-state index in [0.717, 1.165) is 16.9 Å². The normalized spacial score (nSPS) is 11.2. The molecule has 0 fully saturated rings. The third kappa shape index (κ3) is 6.27. The third-order valence-corrected chi connectivity index (χ3v) is 6.18. The Morgan fingerprint density at radius 1 is 0.927 bits per heavy atom. The predicted molar refractivity (Wildman–Crippen MR) is 160 cm³/mol. The lowest BCUT2D eigenvalue weighted by molar-refractivity contribution is 0.0920. The molecule has 5 rings (SSSR count). The van der Waals surface area contributed by atoms with E-state index in [9.17, 15) is 9.59 Å². The Kier molecular flexibility index (Phi) is 7.30.